The van der Waals surface area contributed by atoms with Crippen molar-refractivity contribution in [1.29, 1.82) is 0 Å². The van der Waals surface area contributed by atoms with Gasteiger partial charge in [-0.1, -0.05) is 0 Å². The molecule has 2 heterocycles. The first-order valence-corrected chi connectivity index (χ1v) is 7.48. The summed E-state index contributed by atoms with van der Waals surface area (Å²) in [7, 11) is 0. The molecule has 0 aliphatic carbocycles. The van der Waals surface area contributed by atoms with Crippen LogP contribution in [0.1, 0.15) is 18.7 Å². The molecule has 2 aromatic heterocycles. The first-order chi connectivity index (χ1) is 9.04. The Morgan fingerprint density at radius 2 is 2.21 bits per heavy atom. The summed E-state index contributed by atoms with van der Waals surface area (Å²) in [6, 6.07) is 0.247. The Morgan fingerprint density at radius 3 is 2.84 bits per heavy atom. The average Bonchev–Trinajstić information content (AvgIpc) is 2.74. The summed E-state index contributed by atoms with van der Waals surface area (Å²) >= 11 is 11.0. The van der Waals surface area contributed by atoms with E-state index in [0.717, 1.165) is 8.79 Å². The van der Waals surface area contributed by atoms with Crippen LogP contribution in [0.2, 0.25) is 0 Å². The molecule has 0 fully saturated rings. The minimum absolute atomic E-state index is 0.247. The van der Waals surface area contributed by atoms with E-state index in [2.05, 4.69) is 41.2 Å². The van der Waals surface area contributed by atoms with E-state index < -0.39 is 0 Å². The molecule has 0 atom stereocenters. The molecule has 0 saturated heterocycles. The fourth-order valence-electron chi connectivity index (χ4n) is 1.30. The van der Waals surface area contributed by atoms with Crippen molar-refractivity contribution in [3.05, 3.63) is 21.3 Å². The van der Waals surface area contributed by atoms with Crippen LogP contribution in [-0.2, 0) is 6.54 Å². The minimum Gasteiger partial charge on any atom is -0.352 e. The fraction of sp³-hybridized carbons (Fsp3) is 0.400. The fourth-order valence-corrected chi connectivity index (χ4v) is 2.92. The highest BCUT2D eigenvalue weighted by molar-refractivity contribution is 9.11. The van der Waals surface area contributed by atoms with Gasteiger partial charge in [0.15, 0.2) is 3.92 Å². The van der Waals surface area contributed by atoms with Crippen molar-refractivity contribution >= 4 is 50.9 Å². The zero-order chi connectivity index (χ0) is 13.8. The van der Waals surface area contributed by atoms with Gasteiger partial charge in [0, 0.05) is 28.9 Å². The van der Waals surface area contributed by atoms with Gasteiger partial charge in [0.05, 0.1) is 6.54 Å². The SMILES string of the molecule is CC(C)Nc1ncnc(N(Cl)Cc2cnc(Br)s2)n1. The van der Waals surface area contributed by atoms with E-state index in [0.29, 0.717) is 18.4 Å². The highest BCUT2D eigenvalue weighted by Gasteiger charge is 2.11. The van der Waals surface area contributed by atoms with Gasteiger partial charge >= 0.3 is 0 Å². The summed E-state index contributed by atoms with van der Waals surface area (Å²) in [4.78, 5) is 17.5. The van der Waals surface area contributed by atoms with Crippen molar-refractivity contribution in [1.82, 2.24) is 19.9 Å². The Balaban J connectivity index is 2.08. The van der Waals surface area contributed by atoms with E-state index in [1.165, 1.54) is 22.1 Å². The Kier molecular flexibility index (Phi) is 4.89. The first-order valence-electron chi connectivity index (χ1n) is 5.53. The number of nitrogens with zero attached hydrogens (tertiary/aromatic N) is 5. The van der Waals surface area contributed by atoms with Gasteiger partial charge in [-0.3, -0.25) is 0 Å². The van der Waals surface area contributed by atoms with Gasteiger partial charge in [0.2, 0.25) is 11.9 Å². The van der Waals surface area contributed by atoms with Crippen molar-refractivity contribution < 1.29 is 0 Å². The van der Waals surface area contributed by atoms with Crippen LogP contribution >= 0.6 is 39.0 Å². The summed E-state index contributed by atoms with van der Waals surface area (Å²) in [6.07, 6.45) is 3.20. The van der Waals surface area contributed by atoms with Gasteiger partial charge in [-0.2, -0.15) is 4.98 Å². The molecule has 0 unspecified atom stereocenters. The largest absolute Gasteiger partial charge is 0.352 e. The lowest BCUT2D eigenvalue weighted by Crippen LogP contribution is -2.16. The van der Waals surface area contributed by atoms with Crippen LogP contribution in [0, 0.1) is 0 Å². The predicted molar refractivity (Wildman–Crippen MR) is 80.4 cm³/mol. The van der Waals surface area contributed by atoms with Gasteiger partial charge in [-0.25, -0.2) is 19.4 Å². The standard InChI is InChI=1S/C10H12BrClN6S/c1-6(2)16-9-14-5-15-10(17-9)18(12)4-7-3-13-8(11)19-7/h3,5-6H,4H2,1-2H3,(H,14,15,16,17). The monoisotopic (exact) mass is 362 g/mol. The second-order valence-electron chi connectivity index (χ2n) is 4.01. The molecule has 2 aromatic rings. The van der Waals surface area contributed by atoms with E-state index >= 15 is 0 Å². The summed E-state index contributed by atoms with van der Waals surface area (Å²) in [5.74, 6) is 0.917. The van der Waals surface area contributed by atoms with Crippen LogP contribution in [0.25, 0.3) is 0 Å². The molecule has 6 nitrogen and oxygen atoms in total. The number of hydrogen-bond donors (Lipinski definition) is 1. The minimum atomic E-state index is 0.247. The highest BCUT2D eigenvalue weighted by Crippen LogP contribution is 2.22. The third-order valence-electron chi connectivity index (χ3n) is 2.01. The number of aromatic nitrogens is 4. The molecule has 0 radical (unpaired) electrons. The Morgan fingerprint density at radius 1 is 1.42 bits per heavy atom. The van der Waals surface area contributed by atoms with Gasteiger partial charge in [0.1, 0.15) is 6.33 Å². The molecule has 19 heavy (non-hydrogen) atoms. The molecule has 9 heteroatoms. The third kappa shape index (κ3) is 4.26. The van der Waals surface area contributed by atoms with Crippen molar-refractivity contribution in [2.45, 2.75) is 26.4 Å². The maximum atomic E-state index is 6.17. The molecule has 0 spiro atoms. The van der Waals surface area contributed by atoms with E-state index in [1.807, 2.05) is 13.8 Å². The number of thiazole rings is 1. The topological polar surface area (TPSA) is 66.8 Å². The second kappa shape index (κ2) is 6.44. The van der Waals surface area contributed by atoms with E-state index in [1.54, 1.807) is 6.20 Å². The van der Waals surface area contributed by atoms with Crippen molar-refractivity contribution in [3.8, 4) is 0 Å². The van der Waals surface area contributed by atoms with Gasteiger partial charge in [-0.15, -0.1) is 11.3 Å². The van der Waals surface area contributed by atoms with E-state index in [4.69, 9.17) is 11.8 Å². The Labute approximate surface area is 128 Å². The zero-order valence-corrected chi connectivity index (χ0v) is 13.5. The van der Waals surface area contributed by atoms with Crippen molar-refractivity contribution in [2.75, 3.05) is 9.74 Å². The van der Waals surface area contributed by atoms with E-state index in [-0.39, 0.29) is 6.04 Å². The van der Waals surface area contributed by atoms with E-state index in [9.17, 15) is 0 Å². The maximum Gasteiger partial charge on any atom is 0.245 e. The van der Waals surface area contributed by atoms with Crippen molar-refractivity contribution in [2.24, 2.45) is 0 Å². The van der Waals surface area contributed by atoms with Crippen LogP contribution in [0.15, 0.2) is 16.4 Å². The van der Waals surface area contributed by atoms with Crippen LogP contribution in [0.4, 0.5) is 11.9 Å². The Hall–Kier alpha value is -0.990. The molecule has 0 bridgehead atoms. The summed E-state index contributed by atoms with van der Waals surface area (Å²) in [5.41, 5.74) is 0. The third-order valence-corrected chi connectivity index (χ3v) is 3.75. The van der Waals surface area contributed by atoms with Crippen LogP contribution in [0.3, 0.4) is 0 Å². The molecule has 2 rings (SSSR count). The second-order valence-corrected chi connectivity index (χ2v) is 6.81. The number of rotatable bonds is 5. The Bertz CT molecular complexity index is 548. The lowest BCUT2D eigenvalue weighted by molar-refractivity contribution is 0.859. The zero-order valence-electron chi connectivity index (χ0n) is 10.3. The normalized spacial score (nSPS) is 10.8. The molecular weight excluding hydrogens is 352 g/mol. The first kappa shape index (κ1) is 14.4. The predicted octanol–water partition coefficient (Wildman–Crippen LogP) is 3.07. The smallest absolute Gasteiger partial charge is 0.245 e. The molecule has 0 aliphatic rings. The number of halogens is 2. The highest BCUT2D eigenvalue weighted by atomic mass is 79.9. The van der Waals surface area contributed by atoms with Gasteiger partial charge in [0.25, 0.3) is 0 Å². The lowest BCUT2D eigenvalue weighted by Gasteiger charge is -2.13. The quantitative estimate of drug-likeness (QED) is 0.824. The van der Waals surface area contributed by atoms with Crippen molar-refractivity contribution in [3.63, 3.8) is 0 Å². The summed E-state index contributed by atoms with van der Waals surface area (Å²) < 4.78 is 2.26. The van der Waals surface area contributed by atoms with Crippen LogP contribution in [-0.4, -0.2) is 26.0 Å². The van der Waals surface area contributed by atoms with Gasteiger partial charge in [-0.05, 0) is 29.8 Å². The van der Waals surface area contributed by atoms with Gasteiger partial charge < -0.3 is 5.32 Å². The molecule has 0 amide bonds. The number of hydrogen-bond acceptors (Lipinski definition) is 7. The average molecular weight is 364 g/mol. The number of nitrogens with one attached hydrogen (secondary N) is 1. The molecular formula is C10H12BrClN6S. The summed E-state index contributed by atoms with van der Waals surface area (Å²) in [6.45, 7) is 4.50. The van der Waals surface area contributed by atoms with Crippen LogP contribution in [0.5, 0.6) is 0 Å². The summed E-state index contributed by atoms with van der Waals surface area (Å²) in [5, 5.41) is 3.10. The molecule has 1 N–H and O–H groups in total. The molecule has 102 valence electrons. The molecule has 0 aliphatic heterocycles. The molecule has 0 saturated carbocycles. The molecule has 0 aromatic carbocycles. The van der Waals surface area contributed by atoms with Crippen LogP contribution < -0.4 is 9.74 Å². The maximum absolute atomic E-state index is 6.17. The number of anilines is 2. The lowest BCUT2D eigenvalue weighted by atomic mass is 10.4.